The van der Waals surface area contributed by atoms with Crippen molar-refractivity contribution >= 4 is 50.6 Å². The number of anilines is 2. The largest absolute Gasteiger partial charge is 0.508 e. The zero-order chi connectivity index (χ0) is 22.6. The van der Waals surface area contributed by atoms with Gasteiger partial charge in [0.1, 0.15) is 16.3 Å². The molecule has 10 heteroatoms. The molecule has 2 aliphatic heterocycles. The van der Waals surface area contributed by atoms with Gasteiger partial charge in [-0.3, -0.25) is 4.79 Å². The van der Waals surface area contributed by atoms with Crippen LogP contribution in [0.4, 0.5) is 15.1 Å². The molecule has 3 heterocycles. The van der Waals surface area contributed by atoms with Crippen LogP contribution in [0.15, 0.2) is 30.9 Å². The van der Waals surface area contributed by atoms with Crippen molar-refractivity contribution < 1.29 is 14.3 Å². The molecule has 1 amide bonds. The Balaban J connectivity index is 1.55. The molecule has 2 N–H and O–H groups in total. The molecule has 1 saturated heterocycles. The highest BCUT2D eigenvalue weighted by Crippen LogP contribution is 2.46. The molecule has 1 fully saturated rings. The van der Waals surface area contributed by atoms with Crippen molar-refractivity contribution in [1.82, 2.24) is 14.3 Å². The van der Waals surface area contributed by atoms with Gasteiger partial charge >= 0.3 is 0 Å². The number of phenolic OH excluding ortho intramolecular Hbond substituents is 1. The van der Waals surface area contributed by atoms with Crippen LogP contribution in [0.3, 0.4) is 0 Å². The normalized spacial score (nSPS) is 16.3. The van der Waals surface area contributed by atoms with Crippen molar-refractivity contribution in [2.45, 2.75) is 6.54 Å². The fourth-order valence-corrected chi connectivity index (χ4v) is 5.56. The van der Waals surface area contributed by atoms with Crippen LogP contribution >= 0.6 is 23.1 Å². The third-order valence-corrected chi connectivity index (χ3v) is 7.11. The van der Waals surface area contributed by atoms with E-state index in [2.05, 4.69) is 21.3 Å². The number of rotatable bonds is 3. The molecular formula is C22H21ClFN5O2S. The topological polar surface area (TPSA) is 71.9 Å². The lowest BCUT2D eigenvalue weighted by Gasteiger charge is -2.34. The summed E-state index contributed by atoms with van der Waals surface area (Å²) in [5.41, 5.74) is 5.75. The first-order chi connectivity index (χ1) is 15.4. The minimum absolute atomic E-state index is 0.0531. The molecule has 0 unspecified atom stereocenters. The van der Waals surface area contributed by atoms with Crippen LogP contribution in [0, 0.1) is 5.82 Å². The summed E-state index contributed by atoms with van der Waals surface area (Å²) in [7, 11) is 1.87. The van der Waals surface area contributed by atoms with Crippen molar-refractivity contribution in [2.24, 2.45) is 0 Å². The summed E-state index contributed by atoms with van der Waals surface area (Å²) >= 11 is 7.84. The van der Waals surface area contributed by atoms with Crippen LogP contribution in [0.5, 0.6) is 5.75 Å². The molecule has 166 valence electrons. The Morgan fingerprint density at radius 3 is 2.78 bits per heavy atom. The van der Waals surface area contributed by atoms with E-state index in [9.17, 15) is 9.90 Å². The van der Waals surface area contributed by atoms with Crippen LogP contribution in [-0.4, -0.2) is 58.5 Å². The summed E-state index contributed by atoms with van der Waals surface area (Å²) in [6.45, 7) is 6.48. The number of phenols is 1. The fourth-order valence-electron chi connectivity index (χ4n) is 4.36. The van der Waals surface area contributed by atoms with Gasteiger partial charge in [-0.15, -0.1) is 0 Å². The number of nitrogens with one attached hydrogen (secondary N) is 1. The van der Waals surface area contributed by atoms with E-state index in [0.29, 0.717) is 43.7 Å². The van der Waals surface area contributed by atoms with Gasteiger partial charge in [-0.05, 0) is 41.4 Å². The summed E-state index contributed by atoms with van der Waals surface area (Å²) < 4.78 is 20.2. The first-order valence-corrected chi connectivity index (χ1v) is 11.3. The average Bonchev–Trinajstić information content (AvgIpc) is 3.36. The minimum atomic E-state index is -0.514. The molecule has 0 radical (unpaired) electrons. The van der Waals surface area contributed by atoms with Crippen molar-refractivity contribution in [1.29, 1.82) is 0 Å². The van der Waals surface area contributed by atoms with Crippen LogP contribution in [0.2, 0.25) is 5.02 Å². The number of carbonyl (C=O) groups is 1. The Bertz CT molecular complexity index is 1260. The van der Waals surface area contributed by atoms with E-state index in [0.717, 1.165) is 16.3 Å². The number of aromatic hydroxyl groups is 1. The number of aromatic nitrogens is 1. The molecule has 32 heavy (non-hydrogen) atoms. The number of halogens is 2. The Kier molecular flexibility index (Phi) is 5.19. The Hall–Kier alpha value is -2.88. The number of nitrogens with zero attached hydrogens (tertiary/aromatic N) is 4. The first-order valence-electron chi connectivity index (χ1n) is 10.1. The second kappa shape index (κ2) is 7.91. The maximum absolute atomic E-state index is 15.8. The van der Waals surface area contributed by atoms with Crippen LogP contribution < -0.4 is 10.3 Å². The number of hydrazine groups is 1. The van der Waals surface area contributed by atoms with Crippen LogP contribution in [-0.2, 0) is 11.3 Å². The summed E-state index contributed by atoms with van der Waals surface area (Å²) in [5, 5.41) is 13.8. The van der Waals surface area contributed by atoms with E-state index in [-0.39, 0.29) is 27.8 Å². The van der Waals surface area contributed by atoms with Gasteiger partial charge in [0.25, 0.3) is 0 Å². The zero-order valence-corrected chi connectivity index (χ0v) is 18.9. The van der Waals surface area contributed by atoms with E-state index in [4.69, 9.17) is 11.6 Å². The highest BCUT2D eigenvalue weighted by atomic mass is 35.5. The Morgan fingerprint density at radius 1 is 1.31 bits per heavy atom. The first kappa shape index (κ1) is 21.0. The summed E-state index contributed by atoms with van der Waals surface area (Å²) in [4.78, 5) is 15.7. The Labute approximate surface area is 193 Å². The maximum Gasteiger partial charge on any atom is 0.246 e. The highest BCUT2D eigenvalue weighted by Gasteiger charge is 2.28. The third kappa shape index (κ3) is 3.37. The summed E-state index contributed by atoms with van der Waals surface area (Å²) in [6, 6.07) is 4.92. The maximum atomic E-state index is 15.8. The smallest absolute Gasteiger partial charge is 0.246 e. The molecule has 0 bridgehead atoms. The highest BCUT2D eigenvalue weighted by molar-refractivity contribution is 7.11. The number of hydrogen-bond acceptors (Lipinski definition) is 7. The van der Waals surface area contributed by atoms with Gasteiger partial charge in [0.15, 0.2) is 5.82 Å². The van der Waals surface area contributed by atoms with Crippen LogP contribution in [0.25, 0.3) is 22.0 Å². The second-order valence-electron chi connectivity index (χ2n) is 7.94. The third-order valence-electron chi connectivity index (χ3n) is 5.88. The lowest BCUT2D eigenvalue weighted by molar-refractivity contribution is -0.126. The van der Waals surface area contributed by atoms with E-state index in [1.54, 1.807) is 17.0 Å². The van der Waals surface area contributed by atoms with Crippen molar-refractivity contribution in [3.05, 3.63) is 47.3 Å². The average molecular weight is 474 g/mol. The molecule has 0 aliphatic carbocycles. The van der Waals surface area contributed by atoms with E-state index < -0.39 is 5.82 Å². The Morgan fingerprint density at radius 2 is 2.06 bits per heavy atom. The molecular weight excluding hydrogens is 453 g/mol. The fraction of sp³-hybridized carbons (Fsp3) is 0.273. The number of piperazine rings is 1. The summed E-state index contributed by atoms with van der Waals surface area (Å²) in [6.07, 6.45) is 1.32. The van der Waals surface area contributed by atoms with Crippen molar-refractivity contribution in [3.63, 3.8) is 0 Å². The van der Waals surface area contributed by atoms with Crippen LogP contribution in [0.1, 0.15) is 5.56 Å². The lowest BCUT2D eigenvalue weighted by atomic mass is 9.98. The molecule has 2 aliphatic rings. The zero-order valence-electron chi connectivity index (χ0n) is 17.4. The van der Waals surface area contributed by atoms with Gasteiger partial charge in [-0.1, -0.05) is 18.2 Å². The number of amides is 1. The molecule has 0 spiro atoms. The SMILES string of the molecule is C=CC(=O)N1CCN(c2snc3c(F)c(-c4cc(O)cc5c4NN(C)C5)c(Cl)cc23)CC1. The predicted octanol–water partition coefficient (Wildman–Crippen LogP) is 4.07. The van der Waals surface area contributed by atoms with Gasteiger partial charge in [0, 0.05) is 56.3 Å². The molecule has 5 rings (SSSR count). The number of carbonyl (C=O) groups excluding carboxylic acids is 1. The number of fused-ring (bicyclic) bond motifs is 2. The molecule has 3 aromatic rings. The molecule has 0 atom stereocenters. The van der Waals surface area contributed by atoms with Crippen molar-refractivity contribution in [2.75, 3.05) is 43.6 Å². The van der Waals surface area contributed by atoms with E-state index in [1.165, 1.54) is 23.7 Å². The van der Waals surface area contributed by atoms with Gasteiger partial charge in [0.2, 0.25) is 5.91 Å². The predicted molar refractivity (Wildman–Crippen MR) is 126 cm³/mol. The minimum Gasteiger partial charge on any atom is -0.508 e. The molecule has 0 saturated carbocycles. The second-order valence-corrected chi connectivity index (χ2v) is 9.10. The van der Waals surface area contributed by atoms with E-state index >= 15 is 4.39 Å². The molecule has 2 aromatic carbocycles. The summed E-state index contributed by atoms with van der Waals surface area (Å²) in [5.74, 6) is -0.549. The lowest BCUT2D eigenvalue weighted by Crippen LogP contribution is -2.48. The van der Waals surface area contributed by atoms with Gasteiger partial charge in [-0.2, -0.15) is 4.37 Å². The molecule has 1 aromatic heterocycles. The van der Waals surface area contributed by atoms with Gasteiger partial charge < -0.3 is 20.3 Å². The standard InChI is InChI=1S/C22H21ClFN5O2S/c1-3-17(31)28-4-6-29(7-5-28)22-15-10-16(23)18(19(24)21(15)26-32-22)14-9-13(30)8-12-11-27(2)25-20(12)14/h3,8-10,25,30H,1,4-7,11H2,2H3. The monoisotopic (exact) mass is 473 g/mol. The van der Waals surface area contributed by atoms with E-state index in [1.807, 2.05) is 12.1 Å². The number of hydrogen-bond donors (Lipinski definition) is 2. The van der Waals surface area contributed by atoms with Crippen molar-refractivity contribution in [3.8, 4) is 16.9 Å². The number of benzene rings is 2. The molecule has 7 nitrogen and oxygen atoms in total. The van der Waals surface area contributed by atoms with Gasteiger partial charge in [-0.25, -0.2) is 9.40 Å². The van der Waals surface area contributed by atoms with Gasteiger partial charge in [0.05, 0.1) is 10.7 Å². The quantitative estimate of drug-likeness (QED) is 0.441.